The van der Waals surface area contributed by atoms with Crippen molar-refractivity contribution in [1.82, 2.24) is 5.01 Å². The van der Waals surface area contributed by atoms with Crippen molar-refractivity contribution >= 4 is 33.2 Å². The van der Waals surface area contributed by atoms with E-state index in [1.165, 1.54) is 0 Å². The van der Waals surface area contributed by atoms with Gasteiger partial charge in [0, 0.05) is 27.0 Å². The van der Waals surface area contributed by atoms with Crippen LogP contribution in [0.5, 0.6) is 17.2 Å². The van der Waals surface area contributed by atoms with Crippen molar-refractivity contribution in [2.24, 2.45) is 5.10 Å². The lowest BCUT2D eigenvalue weighted by atomic mass is 9.96. The molecule has 3 aromatic carbocycles. The number of fused-ring (bicyclic) bond motifs is 4. The Labute approximate surface area is 186 Å². The predicted molar refractivity (Wildman–Crippen MR) is 117 cm³/mol. The van der Waals surface area contributed by atoms with E-state index in [1.54, 1.807) is 0 Å². The number of hydrogen-bond donors (Lipinski definition) is 0. The Hall–Kier alpha value is -2.70. The number of hydrazone groups is 1. The topological polar surface area (TPSA) is 43.3 Å². The van der Waals surface area contributed by atoms with Gasteiger partial charge in [-0.05, 0) is 54.1 Å². The minimum atomic E-state index is -0.369. The van der Waals surface area contributed by atoms with Crippen LogP contribution in [-0.2, 0) is 0 Å². The first-order valence-corrected chi connectivity index (χ1v) is 10.8. The predicted octanol–water partition coefficient (Wildman–Crippen LogP) is 6.07. The summed E-state index contributed by atoms with van der Waals surface area (Å²) in [7, 11) is 0. The molecule has 0 fully saturated rings. The summed E-state index contributed by atoms with van der Waals surface area (Å²) in [4.78, 5) is 0. The highest BCUT2D eigenvalue weighted by molar-refractivity contribution is 9.10. The van der Waals surface area contributed by atoms with Gasteiger partial charge >= 0.3 is 0 Å². The first-order chi connectivity index (χ1) is 14.7. The number of halogens is 2. The van der Waals surface area contributed by atoms with E-state index in [2.05, 4.69) is 28.1 Å². The quantitative estimate of drug-likeness (QED) is 0.443. The Balaban J connectivity index is 1.45. The zero-order valence-corrected chi connectivity index (χ0v) is 18.1. The molecule has 0 aliphatic carbocycles. The summed E-state index contributed by atoms with van der Waals surface area (Å²) in [5, 5.41) is 7.71. The molecular formula is C23H16BrClN2O3. The van der Waals surface area contributed by atoms with E-state index in [1.807, 2.05) is 53.5 Å². The summed E-state index contributed by atoms with van der Waals surface area (Å²) >= 11 is 9.81. The average Bonchev–Trinajstić information content (AvgIpc) is 3.40. The van der Waals surface area contributed by atoms with E-state index in [4.69, 9.17) is 30.9 Å². The third-order valence-electron chi connectivity index (χ3n) is 5.61. The van der Waals surface area contributed by atoms with Gasteiger partial charge in [-0.2, -0.15) is 5.10 Å². The van der Waals surface area contributed by atoms with Gasteiger partial charge in [-0.15, -0.1) is 0 Å². The number of hydrogen-bond acceptors (Lipinski definition) is 5. The van der Waals surface area contributed by atoms with Crippen LogP contribution in [0, 0.1) is 0 Å². The standard InChI is InChI=1S/C23H16BrClN2O3/c24-15-4-1-13(2-5-15)18-11-19-17-10-16(25)6-8-20(17)30-23(27(19)26-18)14-3-7-21-22(9-14)29-12-28-21/h1-10,19,23H,11-12H2/t19-,23+/m1/s1. The van der Waals surface area contributed by atoms with Crippen LogP contribution in [0.1, 0.15) is 35.4 Å². The van der Waals surface area contributed by atoms with Gasteiger partial charge in [0.1, 0.15) is 5.75 Å². The van der Waals surface area contributed by atoms with Gasteiger partial charge < -0.3 is 14.2 Å². The smallest absolute Gasteiger partial charge is 0.231 e. The molecule has 3 aliphatic heterocycles. The highest BCUT2D eigenvalue weighted by Gasteiger charge is 2.41. The molecular weight excluding hydrogens is 468 g/mol. The lowest BCUT2D eigenvalue weighted by Crippen LogP contribution is -2.33. The van der Waals surface area contributed by atoms with Crippen molar-refractivity contribution in [3.05, 3.63) is 86.8 Å². The third kappa shape index (κ3) is 2.94. The molecule has 5 nitrogen and oxygen atoms in total. The number of rotatable bonds is 2. The molecule has 0 saturated heterocycles. The zero-order chi connectivity index (χ0) is 20.2. The molecule has 0 saturated carbocycles. The number of nitrogens with zero attached hydrogens (tertiary/aromatic N) is 2. The van der Waals surface area contributed by atoms with Crippen molar-refractivity contribution in [1.29, 1.82) is 0 Å². The fourth-order valence-corrected chi connectivity index (χ4v) is 4.61. The maximum absolute atomic E-state index is 6.41. The zero-order valence-electron chi connectivity index (χ0n) is 15.7. The Morgan fingerprint density at radius 2 is 1.73 bits per heavy atom. The molecule has 150 valence electrons. The first-order valence-electron chi connectivity index (χ1n) is 9.63. The molecule has 7 heteroatoms. The summed E-state index contributed by atoms with van der Waals surface area (Å²) in [6, 6.07) is 19.9. The van der Waals surface area contributed by atoms with E-state index in [0.29, 0.717) is 5.02 Å². The summed E-state index contributed by atoms with van der Waals surface area (Å²) in [6.07, 6.45) is 0.408. The monoisotopic (exact) mass is 482 g/mol. The molecule has 0 bridgehead atoms. The molecule has 0 unspecified atom stereocenters. The lowest BCUT2D eigenvalue weighted by Gasteiger charge is -2.38. The normalized spacial score (nSPS) is 21.0. The van der Waals surface area contributed by atoms with Gasteiger partial charge in [0.25, 0.3) is 0 Å². The highest BCUT2D eigenvalue weighted by atomic mass is 79.9. The van der Waals surface area contributed by atoms with Gasteiger partial charge in [-0.3, -0.25) is 0 Å². The molecule has 3 aliphatic rings. The fourth-order valence-electron chi connectivity index (χ4n) is 4.16. The molecule has 0 amide bonds. The molecule has 0 radical (unpaired) electrons. The SMILES string of the molecule is Clc1ccc2c(c1)[C@H]1CC(c3ccc(Br)cc3)=NN1[C@H](c1ccc3c(c1)OCO3)O2. The van der Waals surface area contributed by atoms with Crippen LogP contribution < -0.4 is 14.2 Å². The highest BCUT2D eigenvalue weighted by Crippen LogP contribution is 2.49. The van der Waals surface area contributed by atoms with E-state index in [0.717, 1.165) is 50.5 Å². The summed E-state index contributed by atoms with van der Waals surface area (Å²) in [6.45, 7) is 0.240. The second kappa shape index (κ2) is 6.93. The lowest BCUT2D eigenvalue weighted by molar-refractivity contribution is -0.0191. The maximum atomic E-state index is 6.41. The van der Waals surface area contributed by atoms with E-state index >= 15 is 0 Å². The summed E-state index contributed by atoms with van der Waals surface area (Å²) in [5.41, 5.74) is 4.14. The summed E-state index contributed by atoms with van der Waals surface area (Å²) < 4.78 is 18.5. The second-order valence-electron chi connectivity index (χ2n) is 7.42. The molecule has 2 atom stereocenters. The van der Waals surface area contributed by atoms with Crippen LogP contribution in [0.4, 0.5) is 0 Å². The maximum Gasteiger partial charge on any atom is 0.231 e. The van der Waals surface area contributed by atoms with Crippen molar-refractivity contribution < 1.29 is 14.2 Å². The Kier molecular flexibility index (Phi) is 4.18. The molecule has 0 aromatic heterocycles. The third-order valence-corrected chi connectivity index (χ3v) is 6.37. The van der Waals surface area contributed by atoms with Gasteiger partial charge in [-0.25, -0.2) is 5.01 Å². The average molecular weight is 484 g/mol. The fraction of sp³-hybridized carbons (Fsp3) is 0.174. The van der Waals surface area contributed by atoms with Crippen LogP contribution in [0.2, 0.25) is 5.02 Å². The van der Waals surface area contributed by atoms with E-state index < -0.39 is 0 Å². The Morgan fingerprint density at radius 1 is 0.933 bits per heavy atom. The Bertz CT molecular complexity index is 1180. The number of ether oxygens (including phenoxy) is 3. The molecule has 0 N–H and O–H groups in total. The van der Waals surface area contributed by atoms with Crippen LogP contribution in [-0.4, -0.2) is 17.5 Å². The minimum Gasteiger partial charge on any atom is -0.464 e. The van der Waals surface area contributed by atoms with Crippen molar-refractivity contribution in [2.45, 2.75) is 18.7 Å². The molecule has 3 heterocycles. The van der Waals surface area contributed by atoms with Gasteiger partial charge in [0.15, 0.2) is 11.5 Å². The number of benzene rings is 3. The van der Waals surface area contributed by atoms with Crippen LogP contribution in [0.25, 0.3) is 0 Å². The second-order valence-corrected chi connectivity index (χ2v) is 8.77. The van der Waals surface area contributed by atoms with Gasteiger partial charge in [0.05, 0.1) is 11.8 Å². The molecule has 0 spiro atoms. The molecule has 3 aromatic rings. The largest absolute Gasteiger partial charge is 0.464 e. The van der Waals surface area contributed by atoms with Crippen LogP contribution >= 0.6 is 27.5 Å². The minimum absolute atomic E-state index is 0.0431. The Morgan fingerprint density at radius 3 is 2.60 bits per heavy atom. The molecule has 6 rings (SSSR count). The molecule has 30 heavy (non-hydrogen) atoms. The van der Waals surface area contributed by atoms with E-state index in [-0.39, 0.29) is 19.1 Å². The summed E-state index contributed by atoms with van der Waals surface area (Å²) in [5.74, 6) is 2.31. The van der Waals surface area contributed by atoms with Crippen molar-refractivity contribution in [2.75, 3.05) is 6.79 Å². The first kappa shape index (κ1) is 18.1. The van der Waals surface area contributed by atoms with E-state index in [9.17, 15) is 0 Å². The van der Waals surface area contributed by atoms with Gasteiger partial charge in [0.2, 0.25) is 13.0 Å². The van der Waals surface area contributed by atoms with Crippen LogP contribution in [0.15, 0.2) is 70.2 Å². The van der Waals surface area contributed by atoms with Crippen molar-refractivity contribution in [3.63, 3.8) is 0 Å². The van der Waals surface area contributed by atoms with Crippen molar-refractivity contribution in [3.8, 4) is 17.2 Å². The van der Waals surface area contributed by atoms with Crippen LogP contribution in [0.3, 0.4) is 0 Å². The van der Waals surface area contributed by atoms with Gasteiger partial charge in [-0.1, -0.05) is 39.7 Å².